The molecule has 0 aromatic carbocycles. The molecule has 10 heteroatoms. The van der Waals surface area contributed by atoms with Crippen LogP contribution in [0.2, 0.25) is 0 Å². The highest BCUT2D eigenvalue weighted by molar-refractivity contribution is 7.47. The second kappa shape index (κ2) is 54.7. The quantitative estimate of drug-likeness (QED) is 0.0264. The van der Waals surface area contributed by atoms with Crippen molar-refractivity contribution in [3.8, 4) is 0 Å². The molecule has 0 aromatic rings. The molecule has 0 rings (SSSR count). The van der Waals surface area contributed by atoms with E-state index in [2.05, 4.69) is 135 Å². The number of carbonyl (C=O) groups is 2. The number of esters is 2. The minimum atomic E-state index is -4.40. The van der Waals surface area contributed by atoms with Gasteiger partial charge in [0.05, 0.1) is 13.2 Å². The Hall–Kier alpha value is -3.59. The van der Waals surface area contributed by atoms with Crippen molar-refractivity contribution in [2.75, 3.05) is 26.4 Å². The zero-order valence-electron chi connectivity index (χ0n) is 44.2. The van der Waals surface area contributed by atoms with Gasteiger partial charge >= 0.3 is 19.8 Å². The van der Waals surface area contributed by atoms with E-state index in [4.69, 9.17) is 24.3 Å². The van der Waals surface area contributed by atoms with Crippen molar-refractivity contribution in [2.45, 2.75) is 219 Å². The molecular formula is C60H100NO8P. The van der Waals surface area contributed by atoms with Gasteiger partial charge in [-0.2, -0.15) is 0 Å². The van der Waals surface area contributed by atoms with Gasteiger partial charge in [0.15, 0.2) is 6.10 Å². The molecule has 0 saturated heterocycles. The summed E-state index contributed by atoms with van der Waals surface area (Å²) >= 11 is 0. The first-order chi connectivity index (χ1) is 34.3. The molecule has 0 aliphatic heterocycles. The number of unbranched alkanes of at least 4 members (excludes halogenated alkanes) is 17. The van der Waals surface area contributed by atoms with Gasteiger partial charge in [-0.3, -0.25) is 18.6 Å². The second-order valence-corrected chi connectivity index (χ2v) is 19.2. The molecule has 0 radical (unpaired) electrons. The molecule has 2 unspecified atom stereocenters. The van der Waals surface area contributed by atoms with Crippen LogP contribution in [0.3, 0.4) is 0 Å². The minimum Gasteiger partial charge on any atom is -0.462 e. The fourth-order valence-electron chi connectivity index (χ4n) is 7.07. The van der Waals surface area contributed by atoms with Crippen LogP contribution in [0.15, 0.2) is 122 Å². The molecule has 398 valence electrons. The third-order valence-electron chi connectivity index (χ3n) is 11.1. The molecule has 0 aliphatic carbocycles. The molecule has 0 spiro atoms. The van der Waals surface area contributed by atoms with Crippen molar-refractivity contribution in [3.63, 3.8) is 0 Å². The van der Waals surface area contributed by atoms with Crippen molar-refractivity contribution < 1.29 is 37.6 Å². The van der Waals surface area contributed by atoms with Crippen LogP contribution in [0.1, 0.15) is 213 Å². The summed E-state index contributed by atoms with van der Waals surface area (Å²) in [5.41, 5.74) is 5.37. The largest absolute Gasteiger partial charge is 0.472 e. The summed E-state index contributed by atoms with van der Waals surface area (Å²) in [6.07, 6.45) is 75.4. The Balaban J connectivity index is 4.14. The number of carbonyl (C=O) groups excluding carboxylic acids is 2. The van der Waals surface area contributed by atoms with Crippen LogP contribution in [0.25, 0.3) is 0 Å². The van der Waals surface area contributed by atoms with E-state index in [-0.39, 0.29) is 32.6 Å². The number of hydrogen-bond donors (Lipinski definition) is 2. The van der Waals surface area contributed by atoms with Crippen LogP contribution in [0.4, 0.5) is 0 Å². The van der Waals surface area contributed by atoms with E-state index in [1.807, 2.05) is 0 Å². The maximum absolute atomic E-state index is 12.7. The Labute approximate surface area is 428 Å². The lowest BCUT2D eigenvalue weighted by Gasteiger charge is -2.19. The van der Waals surface area contributed by atoms with E-state index in [0.29, 0.717) is 6.42 Å². The molecule has 0 aromatic heterocycles. The molecule has 0 heterocycles. The summed E-state index contributed by atoms with van der Waals surface area (Å²) in [5, 5.41) is 0. The molecule has 2 atom stereocenters. The van der Waals surface area contributed by atoms with Gasteiger partial charge in [0.2, 0.25) is 0 Å². The van der Waals surface area contributed by atoms with Gasteiger partial charge < -0.3 is 20.1 Å². The van der Waals surface area contributed by atoms with Crippen LogP contribution in [-0.4, -0.2) is 49.3 Å². The number of rotatable bonds is 50. The number of nitrogens with two attached hydrogens (primary N) is 1. The zero-order valence-corrected chi connectivity index (χ0v) is 45.1. The molecule has 0 bridgehead atoms. The normalized spacial score (nSPS) is 14.1. The topological polar surface area (TPSA) is 134 Å². The van der Waals surface area contributed by atoms with Gasteiger partial charge in [-0.15, -0.1) is 0 Å². The third kappa shape index (κ3) is 53.8. The maximum atomic E-state index is 12.7. The first kappa shape index (κ1) is 66.4. The number of ether oxygens (including phenoxy) is 2. The molecule has 9 nitrogen and oxygen atoms in total. The van der Waals surface area contributed by atoms with Gasteiger partial charge in [0, 0.05) is 19.4 Å². The van der Waals surface area contributed by atoms with Crippen LogP contribution >= 0.6 is 7.82 Å². The molecule has 3 N–H and O–H groups in total. The van der Waals surface area contributed by atoms with Crippen molar-refractivity contribution in [2.24, 2.45) is 5.73 Å². The lowest BCUT2D eigenvalue weighted by Crippen LogP contribution is -2.29. The van der Waals surface area contributed by atoms with E-state index in [1.54, 1.807) is 0 Å². The highest BCUT2D eigenvalue weighted by Crippen LogP contribution is 2.43. The van der Waals surface area contributed by atoms with E-state index in [1.165, 1.54) is 83.5 Å². The summed E-state index contributed by atoms with van der Waals surface area (Å²) in [6, 6.07) is 0. The predicted molar refractivity (Wildman–Crippen MR) is 297 cm³/mol. The molecule has 0 saturated carbocycles. The molecule has 0 amide bonds. The van der Waals surface area contributed by atoms with Crippen molar-refractivity contribution in [3.05, 3.63) is 122 Å². The second-order valence-electron chi connectivity index (χ2n) is 17.7. The highest BCUT2D eigenvalue weighted by Gasteiger charge is 2.26. The molecular weight excluding hydrogens is 894 g/mol. The van der Waals surface area contributed by atoms with E-state index in [0.717, 1.165) is 96.3 Å². The average molecular weight is 994 g/mol. The summed E-state index contributed by atoms with van der Waals surface area (Å²) in [4.78, 5) is 35.1. The SMILES string of the molecule is CC/C=C\C/C=C\C/C=C\C/C=C\C/C=C\C/C=C\C/C=C\C/C=C\C/C=C\C/C=C\CCCCC(=O)OC(COC(=O)CCCCCCCCCCCCCCCCCC)COP(=O)(O)OCCN. The van der Waals surface area contributed by atoms with Gasteiger partial charge in [-0.1, -0.05) is 232 Å². The minimum absolute atomic E-state index is 0.0407. The van der Waals surface area contributed by atoms with Gasteiger partial charge in [0.1, 0.15) is 6.61 Å². The highest BCUT2D eigenvalue weighted by atomic mass is 31.2. The van der Waals surface area contributed by atoms with Crippen LogP contribution in [0.5, 0.6) is 0 Å². The van der Waals surface area contributed by atoms with E-state index < -0.39 is 32.5 Å². The summed E-state index contributed by atoms with van der Waals surface area (Å²) in [5.74, 6) is -0.883. The standard InChI is InChI=1S/C60H100NO8P/c1-3-5-7-9-11-13-15-17-19-21-22-23-24-25-26-27-28-29-30-31-32-33-34-35-36-37-39-41-43-45-47-49-51-53-60(63)69-58(57-68-70(64,65)67-55-54-61)56-66-59(62)52-50-48-46-44-42-40-38-20-18-16-14-12-10-8-6-4-2/h5,7,11,13,17,19,22-23,25-26,28-29,31-32,34-35,37,39,43,45,58H,3-4,6,8-10,12,14-16,18,20-21,24,27,30,33,36,38,40-42,44,46-57,61H2,1-2H3,(H,64,65)/b7-5-,13-11-,19-17-,23-22-,26-25-,29-28-,32-31-,35-34-,39-37-,45-43-. The first-order valence-corrected chi connectivity index (χ1v) is 29.0. The predicted octanol–water partition coefficient (Wildman–Crippen LogP) is 17.2. The Morgan fingerprint density at radius 1 is 0.443 bits per heavy atom. The lowest BCUT2D eigenvalue weighted by molar-refractivity contribution is -0.161. The molecule has 0 aliphatic rings. The summed E-state index contributed by atoms with van der Waals surface area (Å²) in [7, 11) is -4.40. The lowest BCUT2D eigenvalue weighted by atomic mass is 10.0. The molecule has 0 fully saturated rings. The van der Waals surface area contributed by atoms with Gasteiger partial charge in [-0.25, -0.2) is 4.57 Å². The zero-order chi connectivity index (χ0) is 51.0. The Morgan fingerprint density at radius 2 is 0.786 bits per heavy atom. The van der Waals surface area contributed by atoms with Crippen molar-refractivity contribution in [1.82, 2.24) is 0 Å². The van der Waals surface area contributed by atoms with E-state index >= 15 is 0 Å². The number of phosphoric ester groups is 1. The summed E-state index contributed by atoms with van der Waals surface area (Å²) < 4.78 is 32.9. The first-order valence-electron chi connectivity index (χ1n) is 27.5. The monoisotopic (exact) mass is 994 g/mol. The Bertz CT molecular complexity index is 1550. The van der Waals surface area contributed by atoms with Crippen molar-refractivity contribution >= 4 is 19.8 Å². The van der Waals surface area contributed by atoms with E-state index in [9.17, 15) is 19.0 Å². The summed E-state index contributed by atoms with van der Waals surface area (Å²) in [6.45, 7) is 3.57. The van der Waals surface area contributed by atoms with Gasteiger partial charge in [0.25, 0.3) is 0 Å². The van der Waals surface area contributed by atoms with Crippen LogP contribution < -0.4 is 5.73 Å². The fourth-order valence-corrected chi connectivity index (χ4v) is 7.84. The number of phosphoric acid groups is 1. The maximum Gasteiger partial charge on any atom is 0.472 e. The third-order valence-corrected chi connectivity index (χ3v) is 12.1. The van der Waals surface area contributed by atoms with Crippen LogP contribution in [-0.2, 0) is 32.7 Å². The Kier molecular flexibility index (Phi) is 51.9. The number of allylic oxidation sites excluding steroid dienone is 20. The van der Waals surface area contributed by atoms with Crippen molar-refractivity contribution in [1.29, 1.82) is 0 Å². The number of hydrogen-bond acceptors (Lipinski definition) is 8. The molecule has 70 heavy (non-hydrogen) atoms. The van der Waals surface area contributed by atoms with Gasteiger partial charge in [-0.05, 0) is 89.9 Å². The fraction of sp³-hybridized carbons (Fsp3) is 0.633. The Morgan fingerprint density at radius 3 is 1.17 bits per heavy atom. The average Bonchev–Trinajstić information content (AvgIpc) is 3.35. The van der Waals surface area contributed by atoms with Crippen LogP contribution in [0, 0.1) is 0 Å². The smallest absolute Gasteiger partial charge is 0.462 e.